The normalized spacial score (nSPS) is 12.1. The molecule has 2 heterocycles. The molecule has 0 fully saturated rings. The van der Waals surface area contributed by atoms with Gasteiger partial charge in [0.1, 0.15) is 5.82 Å². The number of rotatable bonds is 4. The summed E-state index contributed by atoms with van der Waals surface area (Å²) in [6.07, 6.45) is -3.09. The molecule has 0 aliphatic carbocycles. The second kappa shape index (κ2) is 7.77. The van der Waals surface area contributed by atoms with Gasteiger partial charge in [0, 0.05) is 12.6 Å². The van der Waals surface area contributed by atoms with Crippen molar-refractivity contribution in [2.75, 3.05) is 0 Å². The van der Waals surface area contributed by atoms with Crippen LogP contribution >= 0.6 is 0 Å². The number of halogens is 4. The summed E-state index contributed by atoms with van der Waals surface area (Å²) < 4.78 is 55.7. The van der Waals surface area contributed by atoms with E-state index < -0.39 is 34.8 Å². The summed E-state index contributed by atoms with van der Waals surface area (Å²) in [4.78, 5) is 30.5. The van der Waals surface area contributed by atoms with E-state index in [0.29, 0.717) is 11.3 Å². The summed E-state index contributed by atoms with van der Waals surface area (Å²) in [5.41, 5.74) is -0.920. The number of hydrogen-bond donors (Lipinski definition) is 0. The Morgan fingerprint density at radius 3 is 2.16 bits per heavy atom. The molecule has 6 nitrogen and oxygen atoms in total. The predicted molar refractivity (Wildman–Crippen MR) is 110 cm³/mol. The van der Waals surface area contributed by atoms with E-state index in [9.17, 15) is 27.2 Å². The maximum absolute atomic E-state index is 13.4. The minimum atomic E-state index is -4.45. The maximum atomic E-state index is 13.4. The fraction of sp³-hybridized carbons (Fsp3) is 0.227. The molecule has 0 N–H and O–H groups in total. The van der Waals surface area contributed by atoms with Crippen molar-refractivity contribution in [3.05, 3.63) is 92.6 Å². The first-order chi connectivity index (χ1) is 15.1. The van der Waals surface area contributed by atoms with Gasteiger partial charge in [-0.05, 0) is 55.8 Å². The number of alkyl halides is 3. The Morgan fingerprint density at radius 1 is 0.969 bits per heavy atom. The Morgan fingerprint density at radius 2 is 1.59 bits per heavy atom. The van der Waals surface area contributed by atoms with Gasteiger partial charge < -0.3 is 4.57 Å². The van der Waals surface area contributed by atoms with Gasteiger partial charge in [-0.2, -0.15) is 13.2 Å². The largest absolute Gasteiger partial charge is 0.416 e. The van der Waals surface area contributed by atoms with Crippen LogP contribution in [0.2, 0.25) is 0 Å². The van der Waals surface area contributed by atoms with Crippen LogP contribution in [0.15, 0.2) is 64.4 Å². The van der Waals surface area contributed by atoms with E-state index in [1.54, 1.807) is 13.8 Å². The number of hydrogen-bond acceptors (Lipinski definition) is 3. The maximum Gasteiger partial charge on any atom is 0.416 e. The van der Waals surface area contributed by atoms with Crippen LogP contribution in [-0.2, 0) is 12.7 Å². The van der Waals surface area contributed by atoms with E-state index in [-0.39, 0.29) is 17.7 Å². The fourth-order valence-corrected chi connectivity index (χ4v) is 3.55. The molecule has 0 amide bonds. The third-order valence-corrected chi connectivity index (χ3v) is 5.08. The highest BCUT2D eigenvalue weighted by atomic mass is 19.4. The van der Waals surface area contributed by atoms with Crippen LogP contribution in [0.1, 0.15) is 31.0 Å². The van der Waals surface area contributed by atoms with Crippen molar-refractivity contribution >= 4 is 11.2 Å². The van der Waals surface area contributed by atoms with Crippen LogP contribution < -0.4 is 11.2 Å². The molecule has 0 aliphatic rings. The second-order valence-corrected chi connectivity index (χ2v) is 7.60. The first-order valence-electron chi connectivity index (χ1n) is 9.72. The van der Waals surface area contributed by atoms with Crippen molar-refractivity contribution in [3.8, 4) is 5.69 Å². The standard InChI is InChI=1S/C22H18F4N4O2/c1-13(2)29-20(31)18-19(30(21(29)32)17-9-7-16(23)8-10-17)27-12-28(18)11-14-3-5-15(6-4-14)22(24,25)26/h3-10,12-13H,11H2,1-2H3. The van der Waals surface area contributed by atoms with E-state index in [4.69, 9.17) is 0 Å². The Balaban J connectivity index is 1.90. The second-order valence-electron chi connectivity index (χ2n) is 7.60. The van der Waals surface area contributed by atoms with Crippen molar-refractivity contribution < 1.29 is 17.6 Å². The van der Waals surface area contributed by atoms with Crippen molar-refractivity contribution in [1.29, 1.82) is 0 Å². The first kappa shape index (κ1) is 21.5. The molecule has 0 unspecified atom stereocenters. The van der Waals surface area contributed by atoms with Gasteiger partial charge in [-0.3, -0.25) is 9.36 Å². The number of benzene rings is 2. The topological polar surface area (TPSA) is 61.8 Å². The molecule has 0 saturated heterocycles. The highest BCUT2D eigenvalue weighted by Crippen LogP contribution is 2.29. The third kappa shape index (κ3) is 3.72. The van der Waals surface area contributed by atoms with E-state index >= 15 is 0 Å². The summed E-state index contributed by atoms with van der Waals surface area (Å²) in [6.45, 7) is 3.43. The fourth-order valence-electron chi connectivity index (χ4n) is 3.55. The molecule has 32 heavy (non-hydrogen) atoms. The summed E-state index contributed by atoms with van der Waals surface area (Å²) >= 11 is 0. The van der Waals surface area contributed by atoms with Gasteiger partial charge in [0.25, 0.3) is 5.56 Å². The molecule has 0 bridgehead atoms. The van der Waals surface area contributed by atoms with Crippen LogP contribution in [0.3, 0.4) is 0 Å². The Hall–Kier alpha value is -3.69. The van der Waals surface area contributed by atoms with Crippen molar-refractivity contribution in [2.24, 2.45) is 0 Å². The van der Waals surface area contributed by atoms with Gasteiger partial charge >= 0.3 is 11.9 Å². The van der Waals surface area contributed by atoms with E-state index in [2.05, 4.69) is 4.98 Å². The van der Waals surface area contributed by atoms with Gasteiger partial charge in [0.05, 0.1) is 17.6 Å². The van der Waals surface area contributed by atoms with Gasteiger partial charge in [0.15, 0.2) is 11.2 Å². The molecule has 4 aromatic rings. The molecule has 2 aromatic heterocycles. The molecule has 2 aromatic carbocycles. The lowest BCUT2D eigenvalue weighted by atomic mass is 10.1. The minimum absolute atomic E-state index is 0.0730. The lowest BCUT2D eigenvalue weighted by Gasteiger charge is -2.15. The van der Waals surface area contributed by atoms with Gasteiger partial charge in [-0.15, -0.1) is 0 Å². The predicted octanol–water partition coefficient (Wildman–Crippen LogP) is 4.14. The first-order valence-corrected chi connectivity index (χ1v) is 9.72. The van der Waals surface area contributed by atoms with Gasteiger partial charge in [-0.1, -0.05) is 12.1 Å². The molecule has 4 rings (SSSR count). The zero-order valence-electron chi connectivity index (χ0n) is 17.1. The molecule has 0 aliphatic heterocycles. The smallest absolute Gasteiger partial charge is 0.320 e. The molecule has 0 spiro atoms. The highest BCUT2D eigenvalue weighted by Gasteiger charge is 2.30. The van der Waals surface area contributed by atoms with Crippen LogP contribution in [0, 0.1) is 5.82 Å². The zero-order valence-corrected chi connectivity index (χ0v) is 17.1. The molecular weight excluding hydrogens is 428 g/mol. The number of imidazole rings is 1. The Labute approximate surface area is 179 Å². The SMILES string of the molecule is CC(C)n1c(=O)c2c(ncn2Cc2ccc(C(F)(F)F)cc2)n(-c2ccc(F)cc2)c1=O. The summed E-state index contributed by atoms with van der Waals surface area (Å²) in [5, 5.41) is 0. The van der Waals surface area contributed by atoms with Crippen molar-refractivity contribution in [1.82, 2.24) is 18.7 Å². The highest BCUT2D eigenvalue weighted by molar-refractivity contribution is 5.72. The van der Waals surface area contributed by atoms with Crippen LogP contribution in [0.5, 0.6) is 0 Å². The molecule has 166 valence electrons. The zero-order chi connectivity index (χ0) is 23.2. The van der Waals surface area contributed by atoms with E-state index in [1.165, 1.54) is 51.9 Å². The summed E-state index contributed by atoms with van der Waals surface area (Å²) in [6, 6.07) is 9.30. The van der Waals surface area contributed by atoms with Crippen molar-refractivity contribution in [2.45, 2.75) is 32.6 Å². The molecule has 0 radical (unpaired) electrons. The molecular formula is C22H18F4N4O2. The number of fused-ring (bicyclic) bond motifs is 1. The van der Waals surface area contributed by atoms with Crippen LogP contribution in [0.25, 0.3) is 16.9 Å². The van der Waals surface area contributed by atoms with E-state index in [0.717, 1.165) is 16.7 Å². The van der Waals surface area contributed by atoms with Gasteiger partial charge in [-0.25, -0.2) is 18.7 Å². The number of nitrogens with zero attached hydrogens (tertiary/aromatic N) is 4. The quantitative estimate of drug-likeness (QED) is 0.443. The minimum Gasteiger partial charge on any atom is -0.320 e. The summed E-state index contributed by atoms with van der Waals surface area (Å²) in [5.74, 6) is -0.483. The number of aromatic nitrogens is 4. The lowest BCUT2D eigenvalue weighted by molar-refractivity contribution is -0.137. The van der Waals surface area contributed by atoms with Gasteiger partial charge in [0.2, 0.25) is 0 Å². The lowest BCUT2D eigenvalue weighted by Crippen LogP contribution is -2.41. The molecule has 10 heteroatoms. The summed E-state index contributed by atoms with van der Waals surface area (Å²) in [7, 11) is 0. The average molecular weight is 446 g/mol. The van der Waals surface area contributed by atoms with Crippen LogP contribution in [0.4, 0.5) is 17.6 Å². The average Bonchev–Trinajstić information content (AvgIpc) is 3.12. The monoisotopic (exact) mass is 446 g/mol. The van der Waals surface area contributed by atoms with Crippen molar-refractivity contribution in [3.63, 3.8) is 0 Å². The van der Waals surface area contributed by atoms with E-state index in [1.807, 2.05) is 0 Å². The Bertz CT molecular complexity index is 1400. The molecule has 0 saturated carbocycles. The van der Waals surface area contributed by atoms with Crippen LogP contribution in [-0.4, -0.2) is 18.7 Å². The molecule has 0 atom stereocenters. The third-order valence-electron chi connectivity index (χ3n) is 5.08. The Kier molecular flexibility index (Phi) is 5.23.